The van der Waals surface area contributed by atoms with Crippen LogP contribution < -0.4 is 0 Å². The van der Waals surface area contributed by atoms with Gasteiger partial charge in [0, 0.05) is 50.8 Å². The molecule has 0 spiro atoms. The van der Waals surface area contributed by atoms with E-state index in [0.29, 0.717) is 12.1 Å². The Kier molecular flexibility index (Phi) is 3.45. The first-order valence-corrected chi connectivity index (χ1v) is 6.78. The monoisotopic (exact) mass is 271 g/mol. The van der Waals surface area contributed by atoms with Gasteiger partial charge < -0.3 is 4.90 Å². The number of carbonyl (C=O) groups excluding carboxylic acids is 1. The molecular weight excluding hydrogens is 254 g/mol. The van der Waals surface area contributed by atoms with Crippen LogP contribution in [0.25, 0.3) is 0 Å². The zero-order chi connectivity index (χ0) is 13.9. The number of hydrogen-bond donors (Lipinski definition) is 0. The number of nitrogens with zero attached hydrogens (tertiary/aromatic N) is 5. The largest absolute Gasteiger partial charge is 0.338 e. The number of amides is 1. The topological polar surface area (TPSA) is 63.9 Å². The van der Waals surface area contributed by atoms with Gasteiger partial charge in [-0.25, -0.2) is 0 Å². The van der Waals surface area contributed by atoms with E-state index in [1.54, 1.807) is 35.7 Å². The Morgan fingerprint density at radius 3 is 2.95 bits per heavy atom. The van der Waals surface area contributed by atoms with Crippen molar-refractivity contribution in [3.05, 3.63) is 42.2 Å². The molecule has 3 heterocycles. The normalized spacial score (nSPS) is 19.1. The Labute approximate surface area is 117 Å². The van der Waals surface area contributed by atoms with Crippen molar-refractivity contribution in [1.82, 2.24) is 24.6 Å². The SMILES string of the molecule is Cn1cc(C(=O)N2CCC[C@@H](c3cnccn3)C2)cn1. The molecule has 0 aliphatic carbocycles. The van der Waals surface area contributed by atoms with Crippen LogP contribution in [0.2, 0.25) is 0 Å². The third kappa shape index (κ3) is 2.54. The lowest BCUT2D eigenvalue weighted by Gasteiger charge is -2.32. The molecule has 1 aliphatic rings. The number of aryl methyl sites for hydroxylation is 1. The maximum Gasteiger partial charge on any atom is 0.257 e. The van der Waals surface area contributed by atoms with E-state index in [9.17, 15) is 4.79 Å². The summed E-state index contributed by atoms with van der Waals surface area (Å²) in [6.07, 6.45) is 10.6. The molecule has 6 heteroatoms. The van der Waals surface area contributed by atoms with E-state index in [1.807, 2.05) is 11.9 Å². The maximum atomic E-state index is 12.4. The molecule has 20 heavy (non-hydrogen) atoms. The maximum absolute atomic E-state index is 12.4. The fourth-order valence-corrected chi connectivity index (χ4v) is 2.64. The summed E-state index contributed by atoms with van der Waals surface area (Å²) in [4.78, 5) is 22.8. The van der Waals surface area contributed by atoms with Crippen LogP contribution in [0.4, 0.5) is 0 Å². The van der Waals surface area contributed by atoms with E-state index in [-0.39, 0.29) is 11.8 Å². The Morgan fingerprint density at radius 1 is 1.35 bits per heavy atom. The van der Waals surface area contributed by atoms with E-state index in [4.69, 9.17) is 0 Å². The van der Waals surface area contributed by atoms with Crippen molar-refractivity contribution in [2.75, 3.05) is 13.1 Å². The van der Waals surface area contributed by atoms with E-state index < -0.39 is 0 Å². The summed E-state index contributed by atoms with van der Waals surface area (Å²) in [6, 6.07) is 0. The molecule has 1 atom stereocenters. The number of likely N-dealkylation sites (tertiary alicyclic amines) is 1. The summed E-state index contributed by atoms with van der Waals surface area (Å²) in [5.41, 5.74) is 1.61. The Hall–Kier alpha value is -2.24. The van der Waals surface area contributed by atoms with Gasteiger partial charge in [0.05, 0.1) is 17.5 Å². The average molecular weight is 271 g/mol. The number of carbonyl (C=O) groups is 1. The van der Waals surface area contributed by atoms with Crippen molar-refractivity contribution in [1.29, 1.82) is 0 Å². The molecular formula is C14H17N5O. The van der Waals surface area contributed by atoms with Crippen molar-refractivity contribution in [2.24, 2.45) is 7.05 Å². The van der Waals surface area contributed by atoms with Crippen LogP contribution >= 0.6 is 0 Å². The highest BCUT2D eigenvalue weighted by molar-refractivity contribution is 5.93. The van der Waals surface area contributed by atoms with Gasteiger partial charge in [-0.15, -0.1) is 0 Å². The first-order valence-electron chi connectivity index (χ1n) is 6.78. The van der Waals surface area contributed by atoms with Gasteiger partial charge in [0.15, 0.2) is 0 Å². The van der Waals surface area contributed by atoms with Gasteiger partial charge in [-0.05, 0) is 12.8 Å². The van der Waals surface area contributed by atoms with Crippen molar-refractivity contribution in [3.63, 3.8) is 0 Å². The van der Waals surface area contributed by atoms with Gasteiger partial charge in [-0.3, -0.25) is 19.4 Å². The molecule has 3 rings (SSSR count). The van der Waals surface area contributed by atoms with Gasteiger partial charge in [0.2, 0.25) is 0 Å². The van der Waals surface area contributed by atoms with Gasteiger partial charge in [0.1, 0.15) is 0 Å². The second-order valence-corrected chi connectivity index (χ2v) is 5.12. The standard InChI is InChI=1S/C14H17N5O/c1-18-9-12(7-17-18)14(20)19-6-2-3-11(10-19)13-8-15-4-5-16-13/h4-5,7-9,11H,2-3,6,10H2,1H3/t11-/m1/s1. The minimum absolute atomic E-state index is 0.0479. The third-order valence-electron chi connectivity index (χ3n) is 3.66. The molecule has 0 saturated carbocycles. The number of aromatic nitrogens is 4. The van der Waals surface area contributed by atoms with Crippen LogP contribution in [-0.4, -0.2) is 43.6 Å². The average Bonchev–Trinajstić information content (AvgIpc) is 2.94. The van der Waals surface area contributed by atoms with E-state index in [2.05, 4.69) is 15.1 Å². The fraction of sp³-hybridized carbons (Fsp3) is 0.429. The fourth-order valence-electron chi connectivity index (χ4n) is 2.64. The molecule has 1 amide bonds. The summed E-state index contributed by atoms with van der Waals surface area (Å²) in [5, 5.41) is 4.06. The first-order chi connectivity index (χ1) is 9.74. The number of piperidine rings is 1. The van der Waals surface area contributed by atoms with Crippen LogP contribution in [0.3, 0.4) is 0 Å². The summed E-state index contributed by atoms with van der Waals surface area (Å²) in [6.45, 7) is 1.50. The molecule has 6 nitrogen and oxygen atoms in total. The lowest BCUT2D eigenvalue weighted by Crippen LogP contribution is -2.39. The molecule has 0 N–H and O–H groups in total. The van der Waals surface area contributed by atoms with Crippen LogP contribution in [-0.2, 0) is 7.05 Å². The van der Waals surface area contributed by atoms with Crippen molar-refractivity contribution >= 4 is 5.91 Å². The van der Waals surface area contributed by atoms with E-state index in [1.165, 1.54) is 0 Å². The smallest absolute Gasteiger partial charge is 0.257 e. The highest BCUT2D eigenvalue weighted by atomic mass is 16.2. The minimum atomic E-state index is 0.0479. The summed E-state index contributed by atoms with van der Waals surface area (Å²) < 4.78 is 1.65. The lowest BCUT2D eigenvalue weighted by molar-refractivity contribution is 0.0705. The van der Waals surface area contributed by atoms with Crippen LogP contribution in [0.15, 0.2) is 31.0 Å². The van der Waals surface area contributed by atoms with Crippen LogP contribution in [0.5, 0.6) is 0 Å². The highest BCUT2D eigenvalue weighted by Gasteiger charge is 2.26. The Balaban J connectivity index is 1.74. The molecule has 2 aromatic rings. The first kappa shape index (κ1) is 12.8. The van der Waals surface area contributed by atoms with Crippen molar-refractivity contribution < 1.29 is 4.79 Å². The van der Waals surface area contributed by atoms with E-state index in [0.717, 1.165) is 25.1 Å². The second kappa shape index (κ2) is 5.40. The van der Waals surface area contributed by atoms with Crippen molar-refractivity contribution in [3.8, 4) is 0 Å². The Morgan fingerprint density at radius 2 is 2.25 bits per heavy atom. The molecule has 0 radical (unpaired) electrons. The molecule has 1 fully saturated rings. The van der Waals surface area contributed by atoms with Gasteiger partial charge in [-0.1, -0.05) is 0 Å². The van der Waals surface area contributed by atoms with Crippen molar-refractivity contribution in [2.45, 2.75) is 18.8 Å². The zero-order valence-corrected chi connectivity index (χ0v) is 11.4. The number of hydrogen-bond acceptors (Lipinski definition) is 4. The Bertz CT molecular complexity index is 595. The summed E-state index contributed by atoms with van der Waals surface area (Å²) >= 11 is 0. The lowest BCUT2D eigenvalue weighted by atomic mass is 9.94. The van der Waals surface area contributed by atoms with Gasteiger partial charge in [0.25, 0.3) is 5.91 Å². The molecule has 0 aromatic carbocycles. The van der Waals surface area contributed by atoms with Crippen LogP contribution in [0, 0.1) is 0 Å². The van der Waals surface area contributed by atoms with Gasteiger partial charge >= 0.3 is 0 Å². The highest BCUT2D eigenvalue weighted by Crippen LogP contribution is 2.25. The summed E-state index contributed by atoms with van der Waals surface area (Å²) in [7, 11) is 1.81. The zero-order valence-electron chi connectivity index (χ0n) is 11.4. The number of rotatable bonds is 2. The van der Waals surface area contributed by atoms with E-state index >= 15 is 0 Å². The molecule has 2 aromatic heterocycles. The third-order valence-corrected chi connectivity index (χ3v) is 3.66. The second-order valence-electron chi connectivity index (χ2n) is 5.12. The molecule has 1 saturated heterocycles. The molecule has 0 bridgehead atoms. The minimum Gasteiger partial charge on any atom is -0.338 e. The quantitative estimate of drug-likeness (QED) is 0.824. The molecule has 0 unspecified atom stereocenters. The molecule has 104 valence electrons. The predicted molar refractivity (Wildman–Crippen MR) is 73.1 cm³/mol. The predicted octanol–water partition coefficient (Wildman–Crippen LogP) is 1.23. The van der Waals surface area contributed by atoms with Gasteiger partial charge in [-0.2, -0.15) is 5.10 Å². The van der Waals surface area contributed by atoms with Crippen LogP contribution in [0.1, 0.15) is 34.8 Å². The molecule has 1 aliphatic heterocycles. The summed E-state index contributed by atoms with van der Waals surface area (Å²) in [5.74, 6) is 0.324.